The second-order valence-electron chi connectivity index (χ2n) is 6.86. The van der Waals surface area contributed by atoms with E-state index in [1.54, 1.807) is 6.20 Å². The number of aromatic nitrogens is 1. The molecular formula is C25H23N3O. The molecule has 144 valence electrons. The molecule has 4 nitrogen and oxygen atoms in total. The van der Waals surface area contributed by atoms with E-state index >= 15 is 0 Å². The number of amides is 1. The van der Waals surface area contributed by atoms with Crippen molar-refractivity contribution in [3.63, 3.8) is 0 Å². The van der Waals surface area contributed by atoms with Gasteiger partial charge in [-0.05, 0) is 29.8 Å². The lowest BCUT2D eigenvalue weighted by Gasteiger charge is -2.23. The van der Waals surface area contributed by atoms with Crippen LogP contribution >= 0.6 is 0 Å². The molecule has 0 bridgehead atoms. The van der Waals surface area contributed by atoms with E-state index in [9.17, 15) is 4.79 Å². The zero-order valence-electron chi connectivity index (χ0n) is 16.2. The molecule has 0 fully saturated rings. The first-order valence-corrected chi connectivity index (χ1v) is 9.78. The molecule has 0 spiro atoms. The molecule has 1 aromatic heterocycles. The van der Waals surface area contributed by atoms with Crippen LogP contribution in [0.3, 0.4) is 0 Å². The second kappa shape index (κ2) is 9.02. The number of hydrogen-bond acceptors (Lipinski definition) is 3. The standard InChI is InChI=1S/C25H23N3O/c29-24(16-18-26-23-15-7-11-21-12-8-17-27-25(21)23)28(22-13-5-2-6-14-22)19-20-9-3-1-4-10-20/h1-15,17,26H,16,18-19H2. The molecule has 4 aromatic rings. The Morgan fingerprint density at radius 2 is 1.55 bits per heavy atom. The van der Waals surface area contributed by atoms with Crippen LogP contribution in [-0.4, -0.2) is 17.4 Å². The molecule has 0 saturated carbocycles. The molecule has 1 heterocycles. The van der Waals surface area contributed by atoms with E-state index in [1.807, 2.05) is 95.9 Å². The van der Waals surface area contributed by atoms with Gasteiger partial charge in [0, 0.05) is 30.2 Å². The average molecular weight is 381 g/mol. The summed E-state index contributed by atoms with van der Waals surface area (Å²) in [6.45, 7) is 1.10. The number of nitrogens with one attached hydrogen (secondary N) is 1. The van der Waals surface area contributed by atoms with Gasteiger partial charge in [-0.15, -0.1) is 0 Å². The van der Waals surface area contributed by atoms with Crippen molar-refractivity contribution >= 4 is 28.2 Å². The van der Waals surface area contributed by atoms with E-state index in [4.69, 9.17) is 0 Å². The molecule has 0 aliphatic heterocycles. The molecular weight excluding hydrogens is 358 g/mol. The molecule has 3 aromatic carbocycles. The van der Waals surface area contributed by atoms with Crippen molar-refractivity contribution in [1.29, 1.82) is 0 Å². The SMILES string of the molecule is O=C(CCNc1cccc2cccnc12)N(Cc1ccccc1)c1ccccc1. The Hall–Kier alpha value is -3.66. The zero-order valence-corrected chi connectivity index (χ0v) is 16.2. The highest BCUT2D eigenvalue weighted by Gasteiger charge is 2.16. The molecule has 4 rings (SSSR count). The van der Waals surface area contributed by atoms with E-state index in [0.29, 0.717) is 19.5 Å². The molecule has 0 unspecified atom stereocenters. The van der Waals surface area contributed by atoms with E-state index in [-0.39, 0.29) is 5.91 Å². The second-order valence-corrected chi connectivity index (χ2v) is 6.86. The predicted molar refractivity (Wildman–Crippen MR) is 119 cm³/mol. The Kier molecular flexibility index (Phi) is 5.81. The molecule has 0 aliphatic rings. The summed E-state index contributed by atoms with van der Waals surface area (Å²) in [6.07, 6.45) is 2.18. The third-order valence-electron chi connectivity index (χ3n) is 4.84. The summed E-state index contributed by atoms with van der Waals surface area (Å²) in [5.74, 6) is 0.0840. The van der Waals surface area contributed by atoms with Crippen LogP contribution in [0.1, 0.15) is 12.0 Å². The monoisotopic (exact) mass is 381 g/mol. The molecule has 1 amide bonds. The van der Waals surface area contributed by atoms with Crippen molar-refractivity contribution < 1.29 is 4.79 Å². The third-order valence-corrected chi connectivity index (χ3v) is 4.84. The molecule has 0 aliphatic carbocycles. The van der Waals surface area contributed by atoms with Crippen molar-refractivity contribution in [2.75, 3.05) is 16.8 Å². The van der Waals surface area contributed by atoms with E-state index in [1.165, 1.54) is 0 Å². The Morgan fingerprint density at radius 3 is 2.34 bits per heavy atom. The lowest BCUT2D eigenvalue weighted by molar-refractivity contribution is -0.118. The maximum absolute atomic E-state index is 13.1. The lowest BCUT2D eigenvalue weighted by atomic mass is 10.1. The summed E-state index contributed by atoms with van der Waals surface area (Å²) in [7, 11) is 0. The normalized spacial score (nSPS) is 10.6. The summed E-state index contributed by atoms with van der Waals surface area (Å²) in [5, 5.41) is 4.46. The lowest BCUT2D eigenvalue weighted by Crippen LogP contribution is -2.31. The first kappa shape index (κ1) is 18.7. The molecule has 4 heteroatoms. The number of anilines is 2. The number of carbonyl (C=O) groups excluding carboxylic acids is 1. The fourth-order valence-corrected chi connectivity index (χ4v) is 3.38. The van der Waals surface area contributed by atoms with Gasteiger partial charge in [-0.2, -0.15) is 0 Å². The van der Waals surface area contributed by atoms with Crippen LogP contribution in [-0.2, 0) is 11.3 Å². The van der Waals surface area contributed by atoms with Gasteiger partial charge in [0.1, 0.15) is 0 Å². The average Bonchev–Trinajstić information content (AvgIpc) is 2.79. The summed E-state index contributed by atoms with van der Waals surface area (Å²) in [5.41, 5.74) is 3.89. The Labute approximate surface area is 170 Å². The van der Waals surface area contributed by atoms with Crippen LogP contribution in [0.5, 0.6) is 0 Å². The summed E-state index contributed by atoms with van der Waals surface area (Å²) in [4.78, 5) is 19.4. The van der Waals surface area contributed by atoms with Crippen molar-refractivity contribution in [2.45, 2.75) is 13.0 Å². The Balaban J connectivity index is 1.46. The van der Waals surface area contributed by atoms with E-state index in [0.717, 1.165) is 27.8 Å². The number of benzene rings is 3. The van der Waals surface area contributed by atoms with Crippen LogP contribution in [0.4, 0.5) is 11.4 Å². The number of carbonyl (C=O) groups is 1. The van der Waals surface area contributed by atoms with Crippen LogP contribution in [0.25, 0.3) is 10.9 Å². The number of nitrogens with zero attached hydrogens (tertiary/aromatic N) is 2. The van der Waals surface area contributed by atoms with Gasteiger partial charge in [0.2, 0.25) is 5.91 Å². The number of rotatable bonds is 7. The fourth-order valence-electron chi connectivity index (χ4n) is 3.38. The summed E-state index contributed by atoms with van der Waals surface area (Å²) in [6, 6.07) is 29.9. The third kappa shape index (κ3) is 4.61. The van der Waals surface area contributed by atoms with Crippen LogP contribution in [0.15, 0.2) is 97.2 Å². The van der Waals surface area contributed by atoms with Gasteiger partial charge in [-0.25, -0.2) is 0 Å². The maximum Gasteiger partial charge on any atom is 0.229 e. The van der Waals surface area contributed by atoms with E-state index < -0.39 is 0 Å². The highest BCUT2D eigenvalue weighted by molar-refractivity contribution is 5.94. The van der Waals surface area contributed by atoms with Crippen molar-refractivity contribution in [2.24, 2.45) is 0 Å². The van der Waals surface area contributed by atoms with Gasteiger partial charge < -0.3 is 10.2 Å². The fraction of sp³-hybridized carbons (Fsp3) is 0.120. The minimum atomic E-state index is 0.0840. The van der Waals surface area contributed by atoms with Gasteiger partial charge >= 0.3 is 0 Å². The minimum absolute atomic E-state index is 0.0840. The highest BCUT2D eigenvalue weighted by atomic mass is 16.2. The first-order valence-electron chi connectivity index (χ1n) is 9.78. The van der Waals surface area contributed by atoms with Crippen molar-refractivity contribution in [3.05, 3.63) is 103 Å². The quantitative estimate of drug-likeness (QED) is 0.474. The topological polar surface area (TPSA) is 45.2 Å². The number of fused-ring (bicyclic) bond motifs is 1. The van der Waals surface area contributed by atoms with Gasteiger partial charge in [0.15, 0.2) is 0 Å². The first-order chi connectivity index (χ1) is 14.3. The van der Waals surface area contributed by atoms with Gasteiger partial charge in [-0.3, -0.25) is 9.78 Å². The Bertz CT molecular complexity index is 1080. The van der Waals surface area contributed by atoms with Crippen LogP contribution in [0.2, 0.25) is 0 Å². The minimum Gasteiger partial charge on any atom is -0.383 e. The zero-order chi connectivity index (χ0) is 19.9. The predicted octanol–water partition coefficient (Wildman–Crippen LogP) is 5.27. The molecule has 29 heavy (non-hydrogen) atoms. The van der Waals surface area contributed by atoms with Gasteiger partial charge in [0.05, 0.1) is 17.7 Å². The highest BCUT2D eigenvalue weighted by Crippen LogP contribution is 2.21. The number of para-hydroxylation sites is 2. The van der Waals surface area contributed by atoms with Crippen molar-refractivity contribution in [3.8, 4) is 0 Å². The summed E-state index contributed by atoms with van der Waals surface area (Å²) >= 11 is 0. The molecule has 0 saturated heterocycles. The molecule has 1 N–H and O–H groups in total. The van der Waals surface area contributed by atoms with E-state index in [2.05, 4.69) is 10.3 Å². The number of pyridine rings is 1. The van der Waals surface area contributed by atoms with Crippen LogP contribution < -0.4 is 10.2 Å². The smallest absolute Gasteiger partial charge is 0.229 e. The number of hydrogen-bond donors (Lipinski definition) is 1. The van der Waals surface area contributed by atoms with Crippen LogP contribution in [0, 0.1) is 0 Å². The maximum atomic E-state index is 13.1. The molecule has 0 radical (unpaired) electrons. The summed E-state index contributed by atoms with van der Waals surface area (Å²) < 4.78 is 0. The van der Waals surface area contributed by atoms with Gasteiger partial charge in [-0.1, -0.05) is 66.7 Å². The van der Waals surface area contributed by atoms with Gasteiger partial charge in [0.25, 0.3) is 0 Å². The van der Waals surface area contributed by atoms with Crippen molar-refractivity contribution in [1.82, 2.24) is 4.98 Å². The Morgan fingerprint density at radius 1 is 0.828 bits per heavy atom. The molecule has 0 atom stereocenters. The largest absolute Gasteiger partial charge is 0.383 e.